The number of ether oxygens (including phenoxy) is 1. The van der Waals surface area contributed by atoms with E-state index in [9.17, 15) is 14.4 Å². The van der Waals surface area contributed by atoms with Gasteiger partial charge in [-0.3, -0.25) is 14.4 Å². The first kappa shape index (κ1) is 21.9. The highest BCUT2D eigenvalue weighted by atomic mass is 16.5. The van der Waals surface area contributed by atoms with Crippen molar-refractivity contribution in [3.8, 4) is 5.75 Å². The molecular weight excluding hydrogens is 370 g/mol. The van der Waals surface area contributed by atoms with E-state index in [2.05, 4.69) is 10.6 Å². The number of aryl methyl sites for hydroxylation is 1. The number of carbonyl (C=O) groups excluding carboxylic acids is 3. The third-order valence-corrected chi connectivity index (χ3v) is 4.23. The average Bonchev–Trinajstić information content (AvgIpc) is 2.72. The van der Waals surface area contributed by atoms with Crippen molar-refractivity contribution in [1.82, 2.24) is 10.2 Å². The van der Waals surface area contributed by atoms with Gasteiger partial charge in [-0.25, -0.2) is 0 Å². The van der Waals surface area contributed by atoms with E-state index in [1.807, 2.05) is 26.0 Å². The number of hydrogen-bond donors (Lipinski definition) is 2. The van der Waals surface area contributed by atoms with Crippen LogP contribution in [0.15, 0.2) is 48.5 Å². The van der Waals surface area contributed by atoms with Crippen LogP contribution in [0.5, 0.6) is 5.75 Å². The van der Waals surface area contributed by atoms with E-state index in [0.29, 0.717) is 23.5 Å². The molecule has 0 unspecified atom stereocenters. The minimum atomic E-state index is -0.385. The molecular formula is C22H27N3O4. The molecule has 7 nitrogen and oxygen atoms in total. The van der Waals surface area contributed by atoms with Crippen molar-refractivity contribution in [3.63, 3.8) is 0 Å². The van der Waals surface area contributed by atoms with Crippen LogP contribution in [-0.2, 0) is 9.59 Å². The number of methoxy groups -OCH3 is 1. The van der Waals surface area contributed by atoms with Gasteiger partial charge in [0.25, 0.3) is 5.91 Å². The van der Waals surface area contributed by atoms with Crippen LogP contribution in [-0.4, -0.2) is 49.4 Å². The molecule has 0 heterocycles. The Labute approximate surface area is 171 Å². The monoisotopic (exact) mass is 397 g/mol. The van der Waals surface area contributed by atoms with E-state index >= 15 is 0 Å². The normalized spacial score (nSPS) is 10.2. The van der Waals surface area contributed by atoms with Gasteiger partial charge in [0.05, 0.1) is 20.2 Å². The number of nitrogens with zero attached hydrogens (tertiary/aromatic N) is 1. The van der Waals surface area contributed by atoms with Crippen LogP contribution in [0.3, 0.4) is 0 Å². The topological polar surface area (TPSA) is 87.7 Å². The molecule has 2 N–H and O–H groups in total. The van der Waals surface area contributed by atoms with Crippen LogP contribution in [0.25, 0.3) is 0 Å². The molecule has 2 aromatic carbocycles. The lowest BCUT2D eigenvalue weighted by molar-refractivity contribution is -0.124. The minimum Gasteiger partial charge on any atom is -0.497 e. The van der Waals surface area contributed by atoms with E-state index in [0.717, 1.165) is 12.0 Å². The quantitative estimate of drug-likeness (QED) is 0.681. The summed E-state index contributed by atoms with van der Waals surface area (Å²) in [5.41, 5.74) is 2.20. The largest absolute Gasteiger partial charge is 0.497 e. The van der Waals surface area contributed by atoms with Gasteiger partial charge in [0, 0.05) is 17.8 Å². The number of carbonyl (C=O) groups is 3. The zero-order chi connectivity index (χ0) is 21.2. The van der Waals surface area contributed by atoms with E-state index in [-0.39, 0.29) is 30.8 Å². The highest BCUT2D eigenvalue weighted by Crippen LogP contribution is 2.14. The highest BCUT2D eigenvalue weighted by molar-refractivity contribution is 5.98. The van der Waals surface area contributed by atoms with Crippen LogP contribution in [0.4, 0.5) is 5.69 Å². The fraction of sp³-hybridized carbons (Fsp3) is 0.318. The Morgan fingerprint density at radius 2 is 1.62 bits per heavy atom. The van der Waals surface area contributed by atoms with Crippen molar-refractivity contribution in [1.29, 1.82) is 0 Å². The van der Waals surface area contributed by atoms with Gasteiger partial charge >= 0.3 is 0 Å². The van der Waals surface area contributed by atoms with Gasteiger partial charge in [-0.05, 0) is 49.7 Å². The Kier molecular flexibility index (Phi) is 8.21. The molecule has 0 bridgehead atoms. The number of nitrogens with one attached hydrogen (secondary N) is 2. The summed E-state index contributed by atoms with van der Waals surface area (Å²) in [6, 6.07) is 14.1. The molecule has 0 saturated carbocycles. The highest BCUT2D eigenvalue weighted by Gasteiger charge is 2.18. The standard InChI is InChI=1S/C22H27N3O4/c1-4-13-25(22(28)17-7-5-16(2)6-8-17)15-21(27)23-14-20(26)24-18-9-11-19(29-3)12-10-18/h5-12H,4,13-15H2,1-3H3,(H,23,27)(H,24,26). The van der Waals surface area contributed by atoms with E-state index in [1.54, 1.807) is 43.5 Å². The number of anilines is 1. The maximum Gasteiger partial charge on any atom is 0.254 e. The van der Waals surface area contributed by atoms with Gasteiger partial charge in [-0.2, -0.15) is 0 Å². The number of amides is 3. The molecule has 0 aliphatic rings. The predicted octanol–water partition coefficient (Wildman–Crippen LogP) is 2.61. The van der Waals surface area contributed by atoms with Gasteiger partial charge < -0.3 is 20.3 Å². The van der Waals surface area contributed by atoms with Crippen molar-refractivity contribution in [2.45, 2.75) is 20.3 Å². The number of hydrogen-bond acceptors (Lipinski definition) is 4. The second-order valence-corrected chi connectivity index (χ2v) is 6.65. The molecule has 3 amide bonds. The summed E-state index contributed by atoms with van der Waals surface area (Å²) in [6.07, 6.45) is 0.725. The molecule has 7 heteroatoms. The van der Waals surface area contributed by atoms with Gasteiger partial charge in [-0.1, -0.05) is 24.6 Å². The minimum absolute atomic E-state index is 0.101. The Bertz CT molecular complexity index is 832. The smallest absolute Gasteiger partial charge is 0.254 e. The Morgan fingerprint density at radius 3 is 2.21 bits per heavy atom. The van der Waals surface area contributed by atoms with Crippen LogP contribution >= 0.6 is 0 Å². The molecule has 0 radical (unpaired) electrons. The second kappa shape index (κ2) is 10.8. The van der Waals surface area contributed by atoms with Crippen molar-refractivity contribution in [3.05, 3.63) is 59.7 Å². The zero-order valence-electron chi connectivity index (χ0n) is 17.0. The average molecular weight is 397 g/mol. The molecule has 29 heavy (non-hydrogen) atoms. The van der Waals surface area contributed by atoms with Crippen molar-refractivity contribution < 1.29 is 19.1 Å². The maximum absolute atomic E-state index is 12.7. The molecule has 0 saturated heterocycles. The molecule has 0 aliphatic carbocycles. The predicted molar refractivity (Wildman–Crippen MR) is 112 cm³/mol. The lowest BCUT2D eigenvalue weighted by Gasteiger charge is -2.21. The summed E-state index contributed by atoms with van der Waals surface area (Å²) in [5.74, 6) is -0.255. The third kappa shape index (κ3) is 6.95. The Balaban J connectivity index is 1.86. The van der Waals surface area contributed by atoms with Crippen molar-refractivity contribution in [2.75, 3.05) is 32.1 Å². The van der Waals surface area contributed by atoms with Gasteiger partial charge in [0.2, 0.25) is 11.8 Å². The lowest BCUT2D eigenvalue weighted by Crippen LogP contribution is -2.43. The first-order valence-corrected chi connectivity index (χ1v) is 9.49. The lowest BCUT2D eigenvalue weighted by atomic mass is 10.1. The van der Waals surface area contributed by atoms with Crippen LogP contribution in [0.1, 0.15) is 29.3 Å². The second-order valence-electron chi connectivity index (χ2n) is 6.65. The van der Waals surface area contributed by atoms with Crippen LogP contribution < -0.4 is 15.4 Å². The van der Waals surface area contributed by atoms with Crippen molar-refractivity contribution in [2.24, 2.45) is 0 Å². The molecule has 2 aromatic rings. The SMILES string of the molecule is CCCN(CC(=O)NCC(=O)Nc1ccc(OC)cc1)C(=O)c1ccc(C)cc1. The summed E-state index contributed by atoms with van der Waals surface area (Å²) in [6.45, 7) is 4.07. The molecule has 2 rings (SSSR count). The number of benzene rings is 2. The summed E-state index contributed by atoms with van der Waals surface area (Å²) in [5, 5.41) is 5.25. The first-order valence-electron chi connectivity index (χ1n) is 9.49. The fourth-order valence-corrected chi connectivity index (χ4v) is 2.69. The van der Waals surface area contributed by atoms with Crippen LogP contribution in [0, 0.1) is 6.92 Å². The van der Waals surface area contributed by atoms with Crippen LogP contribution in [0.2, 0.25) is 0 Å². The molecule has 154 valence electrons. The molecule has 0 aromatic heterocycles. The van der Waals surface area contributed by atoms with Gasteiger partial charge in [-0.15, -0.1) is 0 Å². The summed E-state index contributed by atoms with van der Waals surface area (Å²) < 4.78 is 5.07. The summed E-state index contributed by atoms with van der Waals surface area (Å²) >= 11 is 0. The van der Waals surface area contributed by atoms with E-state index in [4.69, 9.17) is 4.74 Å². The fourth-order valence-electron chi connectivity index (χ4n) is 2.69. The Morgan fingerprint density at radius 1 is 0.966 bits per heavy atom. The molecule has 0 atom stereocenters. The van der Waals surface area contributed by atoms with E-state index < -0.39 is 0 Å². The maximum atomic E-state index is 12.7. The van der Waals surface area contributed by atoms with E-state index in [1.165, 1.54) is 4.90 Å². The Hall–Kier alpha value is -3.35. The number of rotatable bonds is 9. The van der Waals surface area contributed by atoms with Crippen molar-refractivity contribution >= 4 is 23.4 Å². The molecule has 0 aliphatic heterocycles. The first-order chi connectivity index (χ1) is 13.9. The van der Waals surface area contributed by atoms with Gasteiger partial charge in [0.15, 0.2) is 0 Å². The van der Waals surface area contributed by atoms with Gasteiger partial charge in [0.1, 0.15) is 5.75 Å². The molecule has 0 fully saturated rings. The summed E-state index contributed by atoms with van der Waals surface area (Å²) in [7, 11) is 1.56. The molecule has 0 spiro atoms. The summed E-state index contributed by atoms with van der Waals surface area (Å²) in [4.78, 5) is 38.4. The third-order valence-electron chi connectivity index (χ3n) is 4.23. The zero-order valence-corrected chi connectivity index (χ0v) is 17.0.